The predicted molar refractivity (Wildman–Crippen MR) is 67.2 cm³/mol. The van der Waals surface area contributed by atoms with Crippen LogP contribution in [-0.4, -0.2) is 31.2 Å². The maximum absolute atomic E-state index is 6.22. The molecule has 0 amide bonds. The number of ether oxygens (including phenoxy) is 1. The largest absolute Gasteiger partial charge is 0.481 e. The number of nitrogens with zero attached hydrogens (tertiary/aromatic N) is 2. The van der Waals surface area contributed by atoms with E-state index in [-0.39, 0.29) is 0 Å². The van der Waals surface area contributed by atoms with Crippen molar-refractivity contribution in [3.8, 4) is 5.88 Å². The second-order valence-corrected chi connectivity index (χ2v) is 5.14. The third-order valence-electron chi connectivity index (χ3n) is 4.20. The van der Waals surface area contributed by atoms with Crippen LogP contribution in [-0.2, 0) is 0 Å². The topological polar surface area (TPSA) is 51.4 Å². The fourth-order valence-corrected chi connectivity index (χ4v) is 3.18. The minimum Gasteiger partial charge on any atom is -0.481 e. The fourth-order valence-electron chi connectivity index (χ4n) is 3.18. The normalized spacial score (nSPS) is 31.6. The summed E-state index contributed by atoms with van der Waals surface area (Å²) < 4.78 is 5.17. The lowest BCUT2D eigenvalue weighted by atomic mass is 9.93. The fraction of sp³-hybridized carbons (Fsp3) is 0.615. The first-order valence-electron chi connectivity index (χ1n) is 6.28. The smallest absolute Gasteiger partial charge is 0.214 e. The summed E-state index contributed by atoms with van der Waals surface area (Å²) in [6.45, 7) is 2.15. The molecule has 2 fully saturated rings. The van der Waals surface area contributed by atoms with Crippen LogP contribution in [0.1, 0.15) is 12.8 Å². The summed E-state index contributed by atoms with van der Waals surface area (Å²) in [5.41, 5.74) is 7.43. The van der Waals surface area contributed by atoms with Crippen LogP contribution < -0.4 is 15.4 Å². The molecule has 17 heavy (non-hydrogen) atoms. The summed E-state index contributed by atoms with van der Waals surface area (Å²) in [7, 11) is 1.65. The van der Waals surface area contributed by atoms with Crippen molar-refractivity contribution in [2.24, 2.45) is 17.6 Å². The molecule has 4 heteroatoms. The number of rotatable bonds is 2. The van der Waals surface area contributed by atoms with Crippen molar-refractivity contribution in [2.75, 3.05) is 25.1 Å². The summed E-state index contributed by atoms with van der Waals surface area (Å²) in [5.74, 6) is 2.01. The molecule has 1 saturated heterocycles. The summed E-state index contributed by atoms with van der Waals surface area (Å²) in [6.07, 6.45) is 4.37. The zero-order chi connectivity index (χ0) is 11.8. The standard InChI is InChI=1S/C13H19N3O/c1-17-12-6-11(4-5-15-12)16-7-9-2-3-10(8-16)13(9)14/h4-6,9-10,13H,2-3,7-8,14H2,1H3. The highest BCUT2D eigenvalue weighted by molar-refractivity contribution is 5.49. The lowest BCUT2D eigenvalue weighted by molar-refractivity contribution is 0.355. The first-order chi connectivity index (χ1) is 8.28. The molecule has 1 aliphatic carbocycles. The Balaban J connectivity index is 1.81. The maximum Gasteiger partial charge on any atom is 0.214 e. The highest BCUT2D eigenvalue weighted by atomic mass is 16.5. The van der Waals surface area contributed by atoms with Crippen LogP contribution in [0.3, 0.4) is 0 Å². The molecule has 4 nitrogen and oxygen atoms in total. The van der Waals surface area contributed by atoms with Crippen molar-refractivity contribution < 1.29 is 4.74 Å². The van der Waals surface area contributed by atoms with Gasteiger partial charge in [0.25, 0.3) is 0 Å². The second-order valence-electron chi connectivity index (χ2n) is 5.14. The van der Waals surface area contributed by atoms with Gasteiger partial charge in [0.15, 0.2) is 0 Å². The summed E-state index contributed by atoms with van der Waals surface area (Å²) in [6, 6.07) is 4.48. The van der Waals surface area contributed by atoms with E-state index in [1.54, 1.807) is 7.11 Å². The average molecular weight is 233 g/mol. The molecule has 2 N–H and O–H groups in total. The van der Waals surface area contributed by atoms with Gasteiger partial charge in [0.2, 0.25) is 5.88 Å². The Hall–Kier alpha value is -1.29. The Morgan fingerprint density at radius 3 is 2.71 bits per heavy atom. The molecule has 0 spiro atoms. The number of piperidine rings is 1. The van der Waals surface area contributed by atoms with Crippen molar-refractivity contribution in [3.05, 3.63) is 18.3 Å². The number of pyridine rings is 1. The van der Waals surface area contributed by atoms with Gasteiger partial charge >= 0.3 is 0 Å². The summed E-state index contributed by atoms with van der Waals surface area (Å²) in [5, 5.41) is 0. The van der Waals surface area contributed by atoms with E-state index >= 15 is 0 Å². The third-order valence-corrected chi connectivity index (χ3v) is 4.20. The number of hydrogen-bond donors (Lipinski definition) is 1. The van der Waals surface area contributed by atoms with E-state index in [2.05, 4.69) is 16.0 Å². The van der Waals surface area contributed by atoms with E-state index in [9.17, 15) is 0 Å². The van der Waals surface area contributed by atoms with Gasteiger partial charge in [-0.15, -0.1) is 0 Å². The van der Waals surface area contributed by atoms with Crippen LogP contribution >= 0.6 is 0 Å². The summed E-state index contributed by atoms with van der Waals surface area (Å²) in [4.78, 5) is 6.57. The van der Waals surface area contributed by atoms with Gasteiger partial charge in [-0.25, -0.2) is 4.98 Å². The number of nitrogens with two attached hydrogens (primary N) is 1. The first-order valence-corrected chi connectivity index (χ1v) is 6.28. The van der Waals surface area contributed by atoms with Crippen LogP contribution in [0.2, 0.25) is 0 Å². The molecule has 1 aromatic rings. The molecule has 1 aromatic heterocycles. The minimum atomic E-state index is 0.412. The Labute approximate surface area is 102 Å². The highest BCUT2D eigenvalue weighted by Crippen LogP contribution is 2.37. The van der Waals surface area contributed by atoms with E-state index < -0.39 is 0 Å². The molecule has 0 aromatic carbocycles. The van der Waals surface area contributed by atoms with Crippen LogP contribution in [0.5, 0.6) is 5.88 Å². The Bertz CT molecular complexity index is 395. The minimum absolute atomic E-state index is 0.412. The van der Waals surface area contributed by atoms with Gasteiger partial charge in [0.05, 0.1) is 7.11 Å². The number of anilines is 1. The molecule has 1 saturated carbocycles. The molecule has 92 valence electrons. The highest BCUT2D eigenvalue weighted by Gasteiger charge is 2.39. The number of hydrogen-bond acceptors (Lipinski definition) is 4. The lowest BCUT2D eigenvalue weighted by Crippen LogP contribution is -2.48. The molecule has 2 aliphatic rings. The van der Waals surface area contributed by atoms with Crippen LogP contribution in [0.15, 0.2) is 18.3 Å². The van der Waals surface area contributed by atoms with Crippen molar-refractivity contribution in [2.45, 2.75) is 18.9 Å². The molecule has 2 atom stereocenters. The van der Waals surface area contributed by atoms with Gasteiger partial charge in [-0.05, 0) is 30.7 Å². The van der Waals surface area contributed by atoms with Crippen LogP contribution in [0, 0.1) is 11.8 Å². The maximum atomic E-state index is 6.22. The molecule has 0 radical (unpaired) electrons. The lowest BCUT2D eigenvalue weighted by Gasteiger charge is -2.37. The number of fused-ring (bicyclic) bond motifs is 2. The van der Waals surface area contributed by atoms with E-state index in [1.165, 1.54) is 18.5 Å². The van der Waals surface area contributed by atoms with E-state index in [0.29, 0.717) is 23.8 Å². The third kappa shape index (κ3) is 1.86. The summed E-state index contributed by atoms with van der Waals surface area (Å²) >= 11 is 0. The van der Waals surface area contributed by atoms with Crippen molar-refractivity contribution in [1.82, 2.24) is 4.98 Å². The number of aromatic nitrogens is 1. The van der Waals surface area contributed by atoms with E-state index in [0.717, 1.165) is 13.1 Å². The monoisotopic (exact) mass is 233 g/mol. The Morgan fingerprint density at radius 1 is 1.35 bits per heavy atom. The van der Waals surface area contributed by atoms with Crippen molar-refractivity contribution >= 4 is 5.69 Å². The Morgan fingerprint density at radius 2 is 2.06 bits per heavy atom. The quantitative estimate of drug-likeness (QED) is 0.835. The SMILES string of the molecule is COc1cc(N2CC3CCC(C2)C3N)ccn1. The molecular formula is C13H19N3O. The van der Waals surface area contributed by atoms with Gasteiger partial charge in [-0.2, -0.15) is 0 Å². The molecule has 2 unspecified atom stereocenters. The zero-order valence-electron chi connectivity index (χ0n) is 10.2. The number of methoxy groups -OCH3 is 1. The predicted octanol–water partition coefficient (Wildman–Crippen LogP) is 1.26. The first kappa shape index (κ1) is 10.8. The van der Waals surface area contributed by atoms with Gasteiger partial charge in [-0.3, -0.25) is 0 Å². The van der Waals surface area contributed by atoms with Gasteiger partial charge < -0.3 is 15.4 Å². The average Bonchev–Trinajstić information content (AvgIpc) is 2.61. The van der Waals surface area contributed by atoms with E-state index in [4.69, 9.17) is 10.5 Å². The van der Waals surface area contributed by atoms with Crippen LogP contribution in [0.4, 0.5) is 5.69 Å². The Kier molecular flexibility index (Phi) is 2.67. The molecule has 2 heterocycles. The van der Waals surface area contributed by atoms with Crippen molar-refractivity contribution in [1.29, 1.82) is 0 Å². The molecular weight excluding hydrogens is 214 g/mol. The molecule has 3 rings (SSSR count). The van der Waals surface area contributed by atoms with Gasteiger partial charge in [-0.1, -0.05) is 0 Å². The van der Waals surface area contributed by atoms with Crippen LogP contribution in [0.25, 0.3) is 0 Å². The molecule has 1 aliphatic heterocycles. The van der Waals surface area contributed by atoms with Gasteiger partial charge in [0.1, 0.15) is 0 Å². The van der Waals surface area contributed by atoms with Crippen molar-refractivity contribution in [3.63, 3.8) is 0 Å². The molecule has 2 bridgehead atoms. The van der Waals surface area contributed by atoms with Gasteiger partial charge in [0, 0.05) is 37.1 Å². The zero-order valence-corrected chi connectivity index (χ0v) is 10.2. The van der Waals surface area contributed by atoms with E-state index in [1.807, 2.05) is 12.3 Å². The second kappa shape index (κ2) is 4.18.